The van der Waals surface area contributed by atoms with Crippen LogP contribution in [0.3, 0.4) is 0 Å². The summed E-state index contributed by atoms with van der Waals surface area (Å²) >= 11 is 0. The SMILES string of the molecule is CCn1cc(-c2cc(C(=O)N[C@@H](C)[C@@H]3C[C@@H]4CC[C@@H]3C4)c3ccccc3n2)c(C)n1. The number of hydrogen-bond acceptors (Lipinski definition) is 3. The minimum absolute atomic E-state index is 0.00524. The van der Waals surface area contributed by atoms with Crippen LogP contribution in [-0.2, 0) is 6.54 Å². The van der Waals surface area contributed by atoms with Crippen LogP contribution in [-0.4, -0.2) is 26.7 Å². The van der Waals surface area contributed by atoms with Crippen LogP contribution in [0.1, 0.15) is 55.6 Å². The average Bonchev–Trinajstić information content (AvgIpc) is 3.48. The van der Waals surface area contributed by atoms with Gasteiger partial charge in [-0.05, 0) is 69.9 Å². The number of benzene rings is 1. The Morgan fingerprint density at radius 1 is 1.27 bits per heavy atom. The van der Waals surface area contributed by atoms with Gasteiger partial charge in [0.25, 0.3) is 5.91 Å². The van der Waals surface area contributed by atoms with Gasteiger partial charge in [-0.2, -0.15) is 5.10 Å². The van der Waals surface area contributed by atoms with Crippen molar-refractivity contribution in [2.75, 3.05) is 0 Å². The van der Waals surface area contributed by atoms with Crippen molar-refractivity contribution in [3.63, 3.8) is 0 Å². The van der Waals surface area contributed by atoms with Gasteiger partial charge in [-0.25, -0.2) is 4.98 Å². The van der Waals surface area contributed by atoms with Crippen molar-refractivity contribution in [1.29, 1.82) is 0 Å². The molecular weight excluding hydrogens is 372 g/mol. The van der Waals surface area contributed by atoms with Crippen molar-refractivity contribution in [1.82, 2.24) is 20.1 Å². The number of hydrogen-bond donors (Lipinski definition) is 1. The zero-order valence-electron chi connectivity index (χ0n) is 18.1. The van der Waals surface area contributed by atoms with E-state index in [1.807, 2.05) is 48.1 Å². The summed E-state index contributed by atoms with van der Waals surface area (Å²) in [5.41, 5.74) is 4.27. The van der Waals surface area contributed by atoms with Crippen molar-refractivity contribution in [2.24, 2.45) is 17.8 Å². The number of aryl methyl sites for hydroxylation is 2. The Kier molecular flexibility index (Phi) is 4.84. The molecule has 1 amide bonds. The number of carbonyl (C=O) groups is 1. The van der Waals surface area contributed by atoms with E-state index in [2.05, 4.69) is 24.3 Å². The maximum absolute atomic E-state index is 13.4. The number of rotatable bonds is 5. The second-order valence-corrected chi connectivity index (χ2v) is 9.16. The summed E-state index contributed by atoms with van der Waals surface area (Å²) in [5.74, 6) is 2.29. The molecule has 2 aliphatic rings. The number of aromatic nitrogens is 3. The first-order chi connectivity index (χ1) is 14.5. The number of nitrogens with one attached hydrogen (secondary N) is 1. The van der Waals surface area contributed by atoms with E-state index in [1.165, 1.54) is 25.7 Å². The molecule has 0 saturated heterocycles. The van der Waals surface area contributed by atoms with E-state index in [-0.39, 0.29) is 11.9 Å². The lowest BCUT2D eigenvalue weighted by Crippen LogP contribution is -2.40. The van der Waals surface area contributed by atoms with Crippen molar-refractivity contribution < 1.29 is 4.79 Å². The van der Waals surface area contributed by atoms with Gasteiger partial charge < -0.3 is 5.32 Å². The normalized spacial score (nSPS) is 23.8. The van der Waals surface area contributed by atoms with Gasteiger partial charge >= 0.3 is 0 Å². The number of nitrogens with zero attached hydrogens (tertiary/aromatic N) is 3. The van der Waals surface area contributed by atoms with Crippen LogP contribution in [0.4, 0.5) is 0 Å². The predicted molar refractivity (Wildman–Crippen MR) is 119 cm³/mol. The fourth-order valence-electron chi connectivity index (χ4n) is 5.73. The molecule has 3 aromatic rings. The quantitative estimate of drug-likeness (QED) is 0.655. The first-order valence-electron chi connectivity index (χ1n) is 11.3. The average molecular weight is 403 g/mol. The molecule has 0 spiro atoms. The largest absolute Gasteiger partial charge is 0.349 e. The molecule has 2 heterocycles. The highest BCUT2D eigenvalue weighted by Crippen LogP contribution is 2.49. The van der Waals surface area contributed by atoms with Crippen LogP contribution in [0.2, 0.25) is 0 Å². The second kappa shape index (κ2) is 7.53. The smallest absolute Gasteiger partial charge is 0.252 e. The molecule has 0 unspecified atom stereocenters. The van der Waals surface area contributed by atoms with E-state index < -0.39 is 0 Å². The van der Waals surface area contributed by atoms with Crippen LogP contribution in [0.15, 0.2) is 36.5 Å². The molecule has 0 radical (unpaired) electrons. The molecule has 5 nitrogen and oxygen atoms in total. The zero-order valence-corrected chi connectivity index (χ0v) is 18.1. The Bertz CT molecular complexity index is 1100. The molecule has 1 N–H and O–H groups in total. The minimum atomic E-state index is 0.00524. The summed E-state index contributed by atoms with van der Waals surface area (Å²) < 4.78 is 1.92. The molecule has 2 bridgehead atoms. The molecular formula is C25H30N4O. The van der Waals surface area contributed by atoms with Gasteiger partial charge in [-0.3, -0.25) is 9.48 Å². The van der Waals surface area contributed by atoms with Crippen molar-refractivity contribution in [3.8, 4) is 11.3 Å². The molecule has 5 heteroatoms. The van der Waals surface area contributed by atoms with Gasteiger partial charge in [0.1, 0.15) is 0 Å². The van der Waals surface area contributed by atoms with Crippen LogP contribution >= 0.6 is 0 Å². The predicted octanol–water partition coefficient (Wildman–Crippen LogP) is 4.98. The Morgan fingerprint density at radius 2 is 2.10 bits per heavy atom. The third-order valence-corrected chi connectivity index (χ3v) is 7.30. The number of fused-ring (bicyclic) bond motifs is 3. The van der Waals surface area contributed by atoms with Crippen molar-refractivity contribution in [3.05, 3.63) is 47.8 Å². The van der Waals surface area contributed by atoms with Crippen LogP contribution < -0.4 is 5.32 Å². The first-order valence-corrected chi connectivity index (χ1v) is 11.3. The standard InChI is InChI=1S/C25H30N4O/c1-4-29-14-22(16(3)28-29)24-13-21(19-7-5-6-8-23(19)27-24)25(30)26-15(2)20-12-17-9-10-18(20)11-17/h5-8,13-15,17-18,20H,4,9-12H2,1-3H3,(H,26,30)/t15-,17+,18+,20-/m0/s1. The highest BCUT2D eigenvalue weighted by molar-refractivity contribution is 6.07. The first kappa shape index (κ1) is 19.3. The molecule has 4 atom stereocenters. The molecule has 2 saturated carbocycles. The number of para-hydroxylation sites is 1. The Morgan fingerprint density at radius 3 is 2.80 bits per heavy atom. The summed E-state index contributed by atoms with van der Waals surface area (Å²) in [4.78, 5) is 18.3. The molecule has 30 heavy (non-hydrogen) atoms. The van der Waals surface area contributed by atoms with Gasteiger partial charge in [0.15, 0.2) is 0 Å². The van der Waals surface area contributed by atoms with Gasteiger partial charge in [0.05, 0.1) is 22.5 Å². The van der Waals surface area contributed by atoms with Gasteiger partial charge in [0.2, 0.25) is 0 Å². The van der Waals surface area contributed by atoms with E-state index in [4.69, 9.17) is 4.98 Å². The second-order valence-electron chi connectivity index (χ2n) is 9.16. The molecule has 2 aromatic heterocycles. The Balaban J connectivity index is 1.49. The molecule has 2 aliphatic carbocycles. The summed E-state index contributed by atoms with van der Waals surface area (Å²) in [5, 5.41) is 8.80. The van der Waals surface area contributed by atoms with E-state index >= 15 is 0 Å². The summed E-state index contributed by atoms with van der Waals surface area (Å²) in [6, 6.07) is 10.1. The number of carbonyl (C=O) groups excluding carboxylic acids is 1. The monoisotopic (exact) mass is 402 g/mol. The maximum atomic E-state index is 13.4. The van der Waals surface area contributed by atoms with E-state index in [1.54, 1.807) is 0 Å². The molecule has 156 valence electrons. The number of pyridine rings is 1. The minimum Gasteiger partial charge on any atom is -0.349 e. The van der Waals surface area contributed by atoms with E-state index in [0.29, 0.717) is 11.5 Å². The van der Waals surface area contributed by atoms with Crippen LogP contribution in [0, 0.1) is 24.7 Å². The van der Waals surface area contributed by atoms with Crippen molar-refractivity contribution in [2.45, 2.75) is 59.0 Å². The fraction of sp³-hybridized carbons (Fsp3) is 0.480. The van der Waals surface area contributed by atoms with Crippen LogP contribution in [0.5, 0.6) is 0 Å². The third kappa shape index (κ3) is 3.30. The molecule has 5 rings (SSSR count). The van der Waals surface area contributed by atoms with Crippen molar-refractivity contribution >= 4 is 16.8 Å². The molecule has 2 fully saturated rings. The van der Waals surface area contributed by atoms with Gasteiger partial charge in [-0.1, -0.05) is 24.6 Å². The Labute approximate surface area is 177 Å². The third-order valence-electron chi connectivity index (χ3n) is 7.30. The Hall–Kier alpha value is -2.69. The highest BCUT2D eigenvalue weighted by Gasteiger charge is 2.42. The van der Waals surface area contributed by atoms with Gasteiger partial charge in [0, 0.05) is 29.7 Å². The lowest BCUT2D eigenvalue weighted by molar-refractivity contribution is 0.0917. The lowest BCUT2D eigenvalue weighted by Gasteiger charge is -2.28. The van der Waals surface area contributed by atoms with Gasteiger partial charge in [-0.15, -0.1) is 0 Å². The topological polar surface area (TPSA) is 59.8 Å². The number of amides is 1. The van der Waals surface area contributed by atoms with Crippen LogP contribution in [0.25, 0.3) is 22.2 Å². The zero-order chi connectivity index (χ0) is 20.8. The summed E-state index contributed by atoms with van der Waals surface area (Å²) in [7, 11) is 0. The molecule has 1 aromatic carbocycles. The lowest BCUT2D eigenvalue weighted by atomic mass is 9.84. The van der Waals surface area contributed by atoms with E-state index in [0.717, 1.165) is 46.2 Å². The molecule has 0 aliphatic heterocycles. The summed E-state index contributed by atoms with van der Waals surface area (Å²) in [6.45, 7) is 7.06. The summed E-state index contributed by atoms with van der Waals surface area (Å²) in [6.07, 6.45) is 7.35. The fourth-order valence-corrected chi connectivity index (χ4v) is 5.73. The highest BCUT2D eigenvalue weighted by atomic mass is 16.1. The van der Waals surface area contributed by atoms with E-state index in [9.17, 15) is 4.79 Å². The maximum Gasteiger partial charge on any atom is 0.252 e.